The first-order valence-corrected chi connectivity index (χ1v) is 8.98. The summed E-state index contributed by atoms with van der Waals surface area (Å²) in [4.78, 5) is 6.13. The number of aryl methyl sites for hydroxylation is 1. The molecular formula is C18H21N3S. The van der Waals surface area contributed by atoms with Crippen LogP contribution in [0.4, 0.5) is 5.82 Å². The molecule has 0 unspecified atom stereocenters. The van der Waals surface area contributed by atoms with E-state index in [1.165, 1.54) is 42.5 Å². The van der Waals surface area contributed by atoms with Gasteiger partial charge in [0.25, 0.3) is 0 Å². The number of hydrogen-bond donors (Lipinski definition) is 1. The lowest BCUT2D eigenvalue weighted by molar-refractivity contribution is 0.462. The average Bonchev–Trinajstić information content (AvgIpc) is 3.16. The summed E-state index contributed by atoms with van der Waals surface area (Å²) in [5, 5.41) is 5.91. The lowest BCUT2D eigenvalue weighted by atomic mass is 9.95. The lowest BCUT2D eigenvalue weighted by Gasteiger charge is -2.24. The fourth-order valence-electron chi connectivity index (χ4n) is 3.31. The normalized spacial score (nSPS) is 16.2. The smallest absolute Gasteiger partial charge is 0.139 e. The van der Waals surface area contributed by atoms with Gasteiger partial charge in [0, 0.05) is 12.2 Å². The van der Waals surface area contributed by atoms with Crippen LogP contribution in [0.15, 0.2) is 35.8 Å². The molecule has 4 heteroatoms. The van der Waals surface area contributed by atoms with Gasteiger partial charge in [-0.1, -0.05) is 25.3 Å². The van der Waals surface area contributed by atoms with E-state index >= 15 is 0 Å². The van der Waals surface area contributed by atoms with Gasteiger partial charge in [0.05, 0.1) is 4.88 Å². The van der Waals surface area contributed by atoms with Crippen molar-refractivity contribution in [3.8, 4) is 10.6 Å². The molecule has 1 aliphatic rings. The highest BCUT2D eigenvalue weighted by Gasteiger charge is 2.19. The predicted octanol–water partition coefficient (Wildman–Crippen LogP) is 5.12. The largest absolute Gasteiger partial charge is 0.367 e. The van der Waals surface area contributed by atoms with Crippen LogP contribution in [0.3, 0.4) is 0 Å². The maximum atomic E-state index is 4.89. The Labute approximate surface area is 135 Å². The number of nitrogens with zero attached hydrogens (tertiary/aromatic N) is 2. The molecule has 0 atom stereocenters. The van der Waals surface area contributed by atoms with Gasteiger partial charge >= 0.3 is 0 Å². The van der Waals surface area contributed by atoms with Gasteiger partial charge in [-0.3, -0.25) is 4.40 Å². The Bertz CT molecular complexity index is 767. The van der Waals surface area contributed by atoms with Gasteiger partial charge in [0.1, 0.15) is 17.2 Å². The van der Waals surface area contributed by atoms with E-state index in [-0.39, 0.29) is 0 Å². The zero-order chi connectivity index (χ0) is 14.9. The number of hydrogen-bond acceptors (Lipinski definition) is 3. The molecule has 0 saturated heterocycles. The molecule has 0 bridgehead atoms. The van der Waals surface area contributed by atoms with E-state index in [4.69, 9.17) is 4.98 Å². The molecule has 22 heavy (non-hydrogen) atoms. The quantitative estimate of drug-likeness (QED) is 0.728. The van der Waals surface area contributed by atoms with Crippen molar-refractivity contribution in [3.05, 3.63) is 41.4 Å². The molecule has 114 valence electrons. The van der Waals surface area contributed by atoms with E-state index < -0.39 is 0 Å². The van der Waals surface area contributed by atoms with Crippen LogP contribution in [0.1, 0.15) is 37.7 Å². The van der Waals surface area contributed by atoms with Crippen LogP contribution < -0.4 is 5.32 Å². The first-order chi connectivity index (χ1) is 10.8. The first kappa shape index (κ1) is 13.8. The van der Waals surface area contributed by atoms with Crippen LogP contribution in [0.2, 0.25) is 0 Å². The van der Waals surface area contributed by atoms with Crippen molar-refractivity contribution in [1.82, 2.24) is 9.38 Å². The Morgan fingerprint density at radius 1 is 1.23 bits per heavy atom. The Morgan fingerprint density at radius 2 is 2.09 bits per heavy atom. The van der Waals surface area contributed by atoms with E-state index in [1.807, 2.05) is 0 Å². The number of thiophene rings is 1. The van der Waals surface area contributed by atoms with Gasteiger partial charge in [-0.25, -0.2) is 4.98 Å². The molecule has 4 rings (SSSR count). The summed E-state index contributed by atoms with van der Waals surface area (Å²) in [5.74, 6) is 1.16. The third kappa shape index (κ3) is 2.52. The highest BCUT2D eigenvalue weighted by molar-refractivity contribution is 7.13. The van der Waals surface area contributed by atoms with Crippen LogP contribution in [0.5, 0.6) is 0 Å². The minimum Gasteiger partial charge on any atom is -0.367 e. The second-order valence-electron chi connectivity index (χ2n) is 6.20. The maximum absolute atomic E-state index is 4.89. The second-order valence-corrected chi connectivity index (χ2v) is 7.15. The number of imidazole rings is 1. The average molecular weight is 311 g/mol. The van der Waals surface area contributed by atoms with Crippen LogP contribution in [0.25, 0.3) is 16.2 Å². The van der Waals surface area contributed by atoms with Crippen LogP contribution in [0, 0.1) is 6.92 Å². The first-order valence-electron chi connectivity index (χ1n) is 8.10. The van der Waals surface area contributed by atoms with Gasteiger partial charge in [0.15, 0.2) is 0 Å². The monoisotopic (exact) mass is 311 g/mol. The highest BCUT2D eigenvalue weighted by atomic mass is 32.1. The number of nitrogens with one attached hydrogen (secondary N) is 1. The van der Waals surface area contributed by atoms with Gasteiger partial charge < -0.3 is 5.32 Å². The van der Waals surface area contributed by atoms with Crippen molar-refractivity contribution < 1.29 is 0 Å². The molecule has 0 aliphatic heterocycles. The van der Waals surface area contributed by atoms with Crippen molar-refractivity contribution in [2.45, 2.75) is 45.1 Å². The summed E-state index contributed by atoms with van der Waals surface area (Å²) >= 11 is 1.76. The summed E-state index contributed by atoms with van der Waals surface area (Å²) in [7, 11) is 0. The van der Waals surface area contributed by atoms with Gasteiger partial charge in [-0.15, -0.1) is 11.3 Å². The minimum atomic E-state index is 0.577. The zero-order valence-corrected chi connectivity index (χ0v) is 13.7. The van der Waals surface area contributed by atoms with Crippen molar-refractivity contribution >= 4 is 22.8 Å². The van der Waals surface area contributed by atoms with E-state index in [9.17, 15) is 0 Å². The molecule has 1 saturated carbocycles. The Morgan fingerprint density at radius 3 is 2.86 bits per heavy atom. The fourth-order valence-corrected chi connectivity index (χ4v) is 4.02. The van der Waals surface area contributed by atoms with E-state index in [0.717, 1.165) is 17.2 Å². The van der Waals surface area contributed by atoms with Gasteiger partial charge in [-0.05, 0) is 48.9 Å². The summed E-state index contributed by atoms with van der Waals surface area (Å²) in [6, 6.07) is 9.14. The maximum Gasteiger partial charge on any atom is 0.139 e. The third-order valence-corrected chi connectivity index (χ3v) is 5.36. The highest BCUT2D eigenvalue weighted by Crippen LogP contribution is 2.34. The topological polar surface area (TPSA) is 29.3 Å². The molecule has 1 aliphatic carbocycles. The molecule has 0 amide bonds. The molecule has 0 aromatic carbocycles. The summed E-state index contributed by atoms with van der Waals surface area (Å²) in [5.41, 5.74) is 3.37. The van der Waals surface area contributed by atoms with Crippen molar-refractivity contribution in [3.63, 3.8) is 0 Å². The molecular weight excluding hydrogens is 290 g/mol. The fraction of sp³-hybridized carbons (Fsp3) is 0.389. The standard InChI is InChI=1S/C18H21N3S/c1-13-9-10-21-16(12-13)20-17(15-8-5-11-22-15)18(21)19-14-6-3-2-4-7-14/h5,8-12,14,19H,2-4,6-7H2,1H3. The molecule has 3 aromatic heterocycles. The van der Waals surface area contributed by atoms with Crippen molar-refractivity contribution in [1.29, 1.82) is 0 Å². The summed E-state index contributed by atoms with van der Waals surface area (Å²) < 4.78 is 2.21. The van der Waals surface area contributed by atoms with Gasteiger partial charge in [0.2, 0.25) is 0 Å². The number of anilines is 1. The molecule has 1 fully saturated rings. The van der Waals surface area contributed by atoms with Crippen LogP contribution in [-0.4, -0.2) is 15.4 Å². The van der Waals surface area contributed by atoms with Crippen LogP contribution >= 0.6 is 11.3 Å². The summed E-state index contributed by atoms with van der Waals surface area (Å²) in [6.45, 7) is 2.12. The number of aromatic nitrogens is 2. The third-order valence-electron chi connectivity index (χ3n) is 4.48. The summed E-state index contributed by atoms with van der Waals surface area (Å²) in [6.07, 6.45) is 8.72. The lowest BCUT2D eigenvalue weighted by Crippen LogP contribution is -2.23. The number of fused-ring (bicyclic) bond motifs is 1. The molecule has 3 nitrogen and oxygen atoms in total. The number of pyridine rings is 1. The van der Waals surface area contributed by atoms with Gasteiger partial charge in [-0.2, -0.15) is 0 Å². The molecule has 1 N–H and O–H groups in total. The Kier molecular flexibility index (Phi) is 3.62. The predicted molar refractivity (Wildman–Crippen MR) is 93.7 cm³/mol. The van der Waals surface area contributed by atoms with Crippen molar-refractivity contribution in [2.75, 3.05) is 5.32 Å². The van der Waals surface area contributed by atoms with Crippen LogP contribution in [-0.2, 0) is 0 Å². The van der Waals surface area contributed by atoms with E-state index in [0.29, 0.717) is 6.04 Å². The molecule has 3 heterocycles. The van der Waals surface area contributed by atoms with E-state index in [1.54, 1.807) is 11.3 Å². The Balaban J connectivity index is 1.80. The second kappa shape index (κ2) is 5.76. The molecule has 3 aromatic rings. The molecule has 0 spiro atoms. The SMILES string of the molecule is Cc1ccn2c(NC3CCCCC3)c(-c3cccs3)nc2c1. The molecule has 0 radical (unpaired) electrons. The number of rotatable bonds is 3. The minimum absolute atomic E-state index is 0.577. The zero-order valence-electron chi connectivity index (χ0n) is 12.9. The Hall–Kier alpha value is -1.81. The van der Waals surface area contributed by atoms with E-state index in [2.05, 4.69) is 52.5 Å². The van der Waals surface area contributed by atoms with Crippen molar-refractivity contribution in [2.24, 2.45) is 0 Å².